The Morgan fingerprint density at radius 3 is 2.73 bits per heavy atom. The summed E-state index contributed by atoms with van der Waals surface area (Å²) in [5.74, 6) is 1.92. The highest BCUT2D eigenvalue weighted by Gasteiger charge is 2.35. The van der Waals surface area contributed by atoms with Crippen LogP contribution in [-0.4, -0.2) is 32.0 Å². The van der Waals surface area contributed by atoms with E-state index in [2.05, 4.69) is 36.8 Å². The first-order chi connectivity index (χ1) is 16.2. The Labute approximate surface area is 197 Å². The van der Waals surface area contributed by atoms with Crippen molar-refractivity contribution in [3.05, 3.63) is 71.4 Å². The van der Waals surface area contributed by atoms with Crippen molar-refractivity contribution in [2.45, 2.75) is 50.3 Å². The number of nitrogens with one attached hydrogen (secondary N) is 3. The van der Waals surface area contributed by atoms with E-state index in [1.807, 2.05) is 36.4 Å². The Hall–Kier alpha value is -3.16. The Balaban J connectivity index is 1.24. The lowest BCUT2D eigenvalue weighted by Crippen LogP contribution is -2.37. The molecule has 1 unspecified atom stereocenters. The van der Waals surface area contributed by atoms with Gasteiger partial charge < -0.3 is 20.4 Å². The second-order valence-electron chi connectivity index (χ2n) is 8.88. The number of H-pyrrole nitrogens is 1. The molecular formula is C25H25ClN6O. The zero-order valence-electron chi connectivity index (χ0n) is 18.1. The van der Waals surface area contributed by atoms with Crippen LogP contribution in [0.3, 0.4) is 0 Å². The second-order valence-corrected chi connectivity index (χ2v) is 9.28. The average molecular weight is 461 g/mol. The van der Waals surface area contributed by atoms with Crippen LogP contribution in [0.2, 0.25) is 5.02 Å². The third kappa shape index (κ3) is 4.14. The molecule has 168 valence electrons. The molecule has 3 atom stereocenters. The minimum absolute atomic E-state index is 0.366. The quantitative estimate of drug-likeness (QED) is 0.360. The molecule has 2 aliphatic rings. The van der Waals surface area contributed by atoms with Gasteiger partial charge in [-0.1, -0.05) is 17.7 Å². The zero-order chi connectivity index (χ0) is 22.2. The fraction of sp³-hybridized carbons (Fsp3) is 0.320. The van der Waals surface area contributed by atoms with Gasteiger partial charge in [0.05, 0.1) is 16.1 Å². The van der Waals surface area contributed by atoms with Crippen LogP contribution in [0, 0.1) is 0 Å². The number of hydrogen-bond donors (Lipinski definition) is 3. The summed E-state index contributed by atoms with van der Waals surface area (Å²) < 4.78 is 5.85. The predicted molar refractivity (Wildman–Crippen MR) is 129 cm³/mol. The molecule has 7 nitrogen and oxygen atoms in total. The molecular weight excluding hydrogens is 436 g/mol. The van der Waals surface area contributed by atoms with Gasteiger partial charge in [-0.05, 0) is 67.5 Å². The first kappa shape index (κ1) is 20.4. The number of pyridine rings is 1. The number of piperidine rings is 1. The largest absolute Gasteiger partial charge is 0.486 e. The molecule has 2 saturated heterocycles. The fourth-order valence-corrected chi connectivity index (χ4v) is 5.42. The minimum Gasteiger partial charge on any atom is -0.486 e. The summed E-state index contributed by atoms with van der Waals surface area (Å²) in [6.45, 7) is 0.366. The van der Waals surface area contributed by atoms with Crippen molar-refractivity contribution in [2.75, 3.05) is 5.32 Å². The van der Waals surface area contributed by atoms with E-state index in [0.717, 1.165) is 41.1 Å². The number of anilines is 2. The summed E-state index contributed by atoms with van der Waals surface area (Å²) in [7, 11) is 0. The summed E-state index contributed by atoms with van der Waals surface area (Å²) >= 11 is 6.52. The van der Waals surface area contributed by atoms with Crippen LogP contribution in [0.1, 0.15) is 42.9 Å². The van der Waals surface area contributed by atoms with Gasteiger partial charge in [0.1, 0.15) is 30.1 Å². The molecule has 33 heavy (non-hydrogen) atoms. The lowest BCUT2D eigenvalue weighted by atomic mass is 9.86. The van der Waals surface area contributed by atoms with Gasteiger partial charge in [-0.2, -0.15) is 0 Å². The van der Waals surface area contributed by atoms with Crippen molar-refractivity contribution < 1.29 is 4.74 Å². The van der Waals surface area contributed by atoms with E-state index in [-0.39, 0.29) is 0 Å². The Kier molecular flexibility index (Phi) is 5.36. The number of fused-ring (bicyclic) bond motifs is 3. The van der Waals surface area contributed by atoms with Crippen molar-refractivity contribution >= 4 is 34.1 Å². The zero-order valence-corrected chi connectivity index (χ0v) is 18.8. The van der Waals surface area contributed by atoms with Crippen LogP contribution in [0.5, 0.6) is 5.75 Å². The van der Waals surface area contributed by atoms with Gasteiger partial charge in [0.15, 0.2) is 0 Å². The van der Waals surface area contributed by atoms with Gasteiger partial charge in [0, 0.05) is 30.2 Å². The van der Waals surface area contributed by atoms with Gasteiger partial charge in [0.25, 0.3) is 0 Å². The van der Waals surface area contributed by atoms with Gasteiger partial charge >= 0.3 is 0 Å². The van der Waals surface area contributed by atoms with Gasteiger partial charge in [0.2, 0.25) is 0 Å². The lowest BCUT2D eigenvalue weighted by Gasteiger charge is -2.29. The van der Waals surface area contributed by atoms with E-state index in [1.165, 1.54) is 18.4 Å². The number of aromatic nitrogens is 4. The molecule has 6 rings (SSSR count). The van der Waals surface area contributed by atoms with E-state index >= 15 is 0 Å². The van der Waals surface area contributed by atoms with Gasteiger partial charge in [-0.15, -0.1) is 0 Å². The van der Waals surface area contributed by atoms with Crippen LogP contribution in [0.4, 0.5) is 11.5 Å². The molecule has 0 spiro atoms. The normalized spacial score (nSPS) is 21.9. The van der Waals surface area contributed by atoms with E-state index in [1.54, 1.807) is 12.5 Å². The maximum absolute atomic E-state index is 6.52. The number of hydrogen-bond acceptors (Lipinski definition) is 6. The maximum atomic E-state index is 6.52. The molecule has 4 aromatic rings. The molecule has 2 bridgehead atoms. The molecule has 2 fully saturated rings. The third-order valence-corrected chi connectivity index (χ3v) is 7.00. The monoisotopic (exact) mass is 460 g/mol. The molecule has 0 aliphatic carbocycles. The molecule has 3 aromatic heterocycles. The maximum Gasteiger partial charge on any atom is 0.143 e. The van der Waals surface area contributed by atoms with E-state index < -0.39 is 0 Å². The topological polar surface area (TPSA) is 87.8 Å². The highest BCUT2D eigenvalue weighted by atomic mass is 35.5. The highest BCUT2D eigenvalue weighted by molar-refractivity contribution is 6.32. The Bertz CT molecular complexity index is 1260. The molecule has 5 heterocycles. The fourth-order valence-electron chi connectivity index (χ4n) is 5.18. The molecule has 2 aliphatic heterocycles. The van der Waals surface area contributed by atoms with Crippen LogP contribution < -0.4 is 15.4 Å². The summed E-state index contributed by atoms with van der Waals surface area (Å²) in [6.07, 6.45) is 10.3. The highest BCUT2D eigenvalue weighted by Crippen LogP contribution is 2.41. The Morgan fingerprint density at radius 1 is 1.06 bits per heavy atom. The third-order valence-electron chi connectivity index (χ3n) is 6.71. The number of rotatable bonds is 6. The lowest BCUT2D eigenvalue weighted by molar-refractivity contribution is 0.301. The molecule has 8 heteroatoms. The first-order valence-electron chi connectivity index (χ1n) is 11.4. The van der Waals surface area contributed by atoms with Crippen LogP contribution in [0.15, 0.2) is 55.1 Å². The van der Waals surface area contributed by atoms with E-state index in [0.29, 0.717) is 35.4 Å². The number of aromatic amines is 1. The van der Waals surface area contributed by atoms with Crippen molar-refractivity contribution in [3.8, 4) is 5.75 Å². The van der Waals surface area contributed by atoms with Crippen molar-refractivity contribution in [2.24, 2.45) is 0 Å². The van der Waals surface area contributed by atoms with Gasteiger partial charge in [-0.3, -0.25) is 4.98 Å². The predicted octanol–water partition coefficient (Wildman–Crippen LogP) is 5.33. The number of benzene rings is 1. The number of halogens is 1. The number of ether oxygens (including phenoxy) is 1. The first-order valence-corrected chi connectivity index (χ1v) is 11.8. The van der Waals surface area contributed by atoms with E-state index in [9.17, 15) is 0 Å². The van der Waals surface area contributed by atoms with Crippen molar-refractivity contribution in [1.29, 1.82) is 0 Å². The van der Waals surface area contributed by atoms with Crippen LogP contribution in [0.25, 0.3) is 11.0 Å². The van der Waals surface area contributed by atoms with Crippen molar-refractivity contribution in [3.63, 3.8) is 0 Å². The molecule has 0 radical (unpaired) electrons. The van der Waals surface area contributed by atoms with E-state index in [4.69, 9.17) is 16.3 Å². The molecule has 3 N–H and O–H groups in total. The Morgan fingerprint density at radius 2 is 1.94 bits per heavy atom. The number of nitrogens with zero attached hydrogens (tertiary/aromatic N) is 3. The standard InChI is InChI=1S/C25H25ClN6O/c26-21-11-18(6-7-22(21)33-13-19-3-1-2-8-27-19)32-25-23-20(12-28-24(23)29-14-30-25)15-9-16-4-5-17(10-15)31-16/h1-3,6-8,11-12,14-17,31H,4-5,9-10,13H2,(H2,28,29,30,32)/t15?,16-,17+. The van der Waals surface area contributed by atoms with Crippen LogP contribution in [-0.2, 0) is 6.61 Å². The van der Waals surface area contributed by atoms with Crippen molar-refractivity contribution in [1.82, 2.24) is 25.3 Å². The summed E-state index contributed by atoms with van der Waals surface area (Å²) in [6, 6.07) is 12.7. The van der Waals surface area contributed by atoms with Crippen LogP contribution >= 0.6 is 11.6 Å². The van der Waals surface area contributed by atoms with Gasteiger partial charge in [-0.25, -0.2) is 9.97 Å². The minimum atomic E-state index is 0.366. The molecule has 1 aromatic carbocycles. The smallest absolute Gasteiger partial charge is 0.143 e. The SMILES string of the molecule is Clc1cc(Nc2ncnc3[nH]cc(C4C[C@H]5CC[C@@H](C4)N5)c23)ccc1OCc1ccccn1. The summed E-state index contributed by atoms with van der Waals surface area (Å²) in [5, 5.41) is 8.78. The summed E-state index contributed by atoms with van der Waals surface area (Å²) in [4.78, 5) is 16.7. The summed E-state index contributed by atoms with van der Waals surface area (Å²) in [5.41, 5.74) is 3.86. The average Bonchev–Trinajstić information content (AvgIpc) is 3.42. The molecule has 0 saturated carbocycles. The second kappa shape index (κ2) is 8.65. The molecule has 0 amide bonds.